The number of pyridine rings is 1. The number of rotatable bonds is 2. The molecule has 1 nitrogen and oxygen atoms in total. The van der Waals surface area contributed by atoms with Crippen molar-refractivity contribution in [3.63, 3.8) is 0 Å². The van der Waals surface area contributed by atoms with E-state index in [1.165, 1.54) is 44.3 Å². The molecule has 3 aromatic rings. The van der Waals surface area contributed by atoms with Crippen molar-refractivity contribution in [3.05, 3.63) is 58.8 Å². The Morgan fingerprint density at radius 3 is 2.16 bits per heavy atom. The third kappa shape index (κ3) is 3.16. The van der Waals surface area contributed by atoms with Gasteiger partial charge in [-0.1, -0.05) is 48.1 Å². The third-order valence-electron chi connectivity index (χ3n) is 5.36. The molecule has 0 aliphatic rings. The maximum atomic E-state index is 2.44. The molecule has 0 radical (unpaired) electrons. The fourth-order valence-electron chi connectivity index (χ4n) is 3.95. The Bertz CT molecular complexity index is 978. The fraction of sp³-hybridized carbons (Fsp3) is 0.348. The van der Waals surface area contributed by atoms with Crippen molar-refractivity contribution in [1.82, 2.24) is 0 Å². The number of hydrogen-bond donors (Lipinski definition) is 0. The van der Waals surface area contributed by atoms with Crippen LogP contribution in [0.1, 0.15) is 22.3 Å². The summed E-state index contributed by atoms with van der Waals surface area (Å²) in [6, 6.07) is 11.7. The third-order valence-corrected chi connectivity index (χ3v) is 7.51. The van der Waals surface area contributed by atoms with Crippen LogP contribution in [-0.4, -0.2) is 8.07 Å². The second-order valence-corrected chi connectivity index (χ2v) is 13.6. The van der Waals surface area contributed by atoms with Gasteiger partial charge in [0, 0.05) is 6.07 Å². The zero-order valence-corrected chi connectivity index (χ0v) is 17.9. The fourth-order valence-corrected chi connectivity index (χ4v) is 5.80. The molecule has 1 heterocycles. The van der Waals surface area contributed by atoms with E-state index in [2.05, 4.69) is 95.5 Å². The van der Waals surface area contributed by atoms with Gasteiger partial charge in [0.1, 0.15) is 7.05 Å². The van der Waals surface area contributed by atoms with E-state index >= 15 is 0 Å². The van der Waals surface area contributed by atoms with Crippen molar-refractivity contribution in [2.24, 2.45) is 7.05 Å². The van der Waals surface area contributed by atoms with E-state index < -0.39 is 8.07 Å². The molecule has 25 heavy (non-hydrogen) atoms. The van der Waals surface area contributed by atoms with E-state index in [-0.39, 0.29) is 0 Å². The normalized spacial score (nSPS) is 12.0. The van der Waals surface area contributed by atoms with E-state index in [0.29, 0.717) is 0 Å². The molecule has 0 bridgehead atoms. The number of aromatic nitrogens is 1. The van der Waals surface area contributed by atoms with Crippen LogP contribution in [0.15, 0.2) is 36.5 Å². The molecule has 2 heteroatoms. The van der Waals surface area contributed by atoms with E-state index in [4.69, 9.17) is 0 Å². The van der Waals surface area contributed by atoms with Crippen LogP contribution in [0, 0.1) is 27.7 Å². The molecule has 2 aromatic carbocycles. The second-order valence-electron chi connectivity index (χ2n) is 8.53. The first kappa shape index (κ1) is 17.9. The quantitative estimate of drug-likeness (QED) is 0.447. The van der Waals surface area contributed by atoms with Crippen LogP contribution in [0.3, 0.4) is 0 Å². The molecule has 0 unspecified atom stereocenters. The average molecular weight is 349 g/mol. The Morgan fingerprint density at radius 1 is 0.840 bits per heavy atom. The Labute approximate surface area is 153 Å². The first-order valence-electron chi connectivity index (χ1n) is 9.11. The largest absolute Gasteiger partial charge is 0.220 e. The molecule has 3 rings (SSSR count). The highest BCUT2D eigenvalue weighted by Crippen LogP contribution is 2.31. The predicted molar refractivity (Wildman–Crippen MR) is 112 cm³/mol. The summed E-state index contributed by atoms with van der Waals surface area (Å²) in [5.41, 5.74) is 8.17. The first-order chi connectivity index (χ1) is 11.6. The molecule has 0 spiro atoms. The molecule has 0 aliphatic carbocycles. The molecule has 0 amide bonds. The van der Waals surface area contributed by atoms with Crippen LogP contribution < -0.4 is 9.75 Å². The van der Waals surface area contributed by atoms with Gasteiger partial charge in [-0.3, -0.25) is 0 Å². The van der Waals surface area contributed by atoms with E-state index in [9.17, 15) is 0 Å². The summed E-state index contributed by atoms with van der Waals surface area (Å²) in [6.07, 6.45) is 2.21. The molecule has 0 atom stereocenters. The van der Waals surface area contributed by atoms with Crippen molar-refractivity contribution < 1.29 is 4.57 Å². The SMILES string of the molecule is Cc1cc(C)c(C)c(-c2c3cc(C)c([Si](C)(C)C)cc3cc[n+]2C)c1. The van der Waals surface area contributed by atoms with Crippen LogP contribution in [0.25, 0.3) is 22.0 Å². The lowest BCUT2D eigenvalue weighted by Crippen LogP contribution is -2.39. The van der Waals surface area contributed by atoms with Crippen molar-refractivity contribution in [2.45, 2.75) is 47.3 Å². The van der Waals surface area contributed by atoms with Crippen molar-refractivity contribution in [2.75, 3.05) is 0 Å². The zero-order valence-electron chi connectivity index (χ0n) is 16.9. The van der Waals surface area contributed by atoms with Gasteiger partial charge in [-0.15, -0.1) is 0 Å². The van der Waals surface area contributed by atoms with Crippen LogP contribution in [0.4, 0.5) is 0 Å². The van der Waals surface area contributed by atoms with Gasteiger partial charge in [-0.05, 0) is 56.3 Å². The highest BCUT2D eigenvalue weighted by molar-refractivity contribution is 6.89. The molecule has 0 N–H and O–H groups in total. The summed E-state index contributed by atoms with van der Waals surface area (Å²) in [5, 5.41) is 4.28. The number of nitrogens with zero attached hydrogens (tertiary/aromatic N) is 1. The molecular formula is C23H30NSi+. The first-order valence-corrected chi connectivity index (χ1v) is 12.6. The summed E-state index contributed by atoms with van der Waals surface area (Å²) in [4.78, 5) is 0. The summed E-state index contributed by atoms with van der Waals surface area (Å²) in [5.74, 6) is 0. The Morgan fingerprint density at radius 2 is 1.52 bits per heavy atom. The van der Waals surface area contributed by atoms with Crippen molar-refractivity contribution in [3.8, 4) is 11.3 Å². The number of hydrogen-bond acceptors (Lipinski definition) is 0. The van der Waals surface area contributed by atoms with Gasteiger partial charge in [-0.2, -0.15) is 0 Å². The van der Waals surface area contributed by atoms with Crippen LogP contribution in [-0.2, 0) is 7.05 Å². The van der Waals surface area contributed by atoms with Crippen LogP contribution >= 0.6 is 0 Å². The smallest absolute Gasteiger partial charge is 0.200 e. The van der Waals surface area contributed by atoms with Crippen molar-refractivity contribution in [1.29, 1.82) is 0 Å². The summed E-state index contributed by atoms with van der Waals surface area (Å²) in [6.45, 7) is 16.2. The van der Waals surface area contributed by atoms with E-state index in [1.54, 1.807) is 5.19 Å². The van der Waals surface area contributed by atoms with Gasteiger partial charge in [0.25, 0.3) is 0 Å². The highest BCUT2D eigenvalue weighted by atomic mass is 28.3. The summed E-state index contributed by atoms with van der Waals surface area (Å²) in [7, 11) is 0.819. The minimum atomic E-state index is -1.34. The zero-order chi connectivity index (χ0) is 18.5. The second kappa shape index (κ2) is 6.10. The Balaban J connectivity index is 2.41. The minimum Gasteiger partial charge on any atom is -0.200 e. The molecular weight excluding hydrogens is 318 g/mol. The number of aryl methyl sites for hydroxylation is 4. The van der Waals surface area contributed by atoms with Crippen LogP contribution in [0.2, 0.25) is 19.6 Å². The monoisotopic (exact) mass is 348 g/mol. The summed E-state index contributed by atoms with van der Waals surface area (Å²) < 4.78 is 2.27. The summed E-state index contributed by atoms with van der Waals surface area (Å²) >= 11 is 0. The molecule has 0 saturated carbocycles. The van der Waals surface area contributed by atoms with E-state index in [0.717, 1.165) is 0 Å². The average Bonchev–Trinajstić information content (AvgIpc) is 2.49. The predicted octanol–water partition coefficient (Wildman–Crippen LogP) is 5.11. The Kier molecular flexibility index (Phi) is 4.36. The maximum absolute atomic E-state index is 2.44. The highest BCUT2D eigenvalue weighted by Gasteiger charge is 2.23. The van der Waals surface area contributed by atoms with Crippen LogP contribution in [0.5, 0.6) is 0 Å². The van der Waals surface area contributed by atoms with Gasteiger partial charge in [0.2, 0.25) is 5.69 Å². The molecule has 0 saturated heterocycles. The standard InChI is InChI=1S/C23H30NSi/c1-15-11-16(2)18(4)20(12-15)23-21-13-17(3)22(25(6,7)8)14-19(21)9-10-24(23)5/h9-14H,1-8H3/q+1. The molecule has 130 valence electrons. The topological polar surface area (TPSA) is 3.88 Å². The Hall–Kier alpha value is -1.93. The number of benzene rings is 2. The van der Waals surface area contributed by atoms with E-state index in [1.807, 2.05) is 0 Å². The lowest BCUT2D eigenvalue weighted by molar-refractivity contribution is -0.659. The maximum Gasteiger partial charge on any atom is 0.220 e. The molecule has 0 aliphatic heterocycles. The number of fused-ring (bicyclic) bond motifs is 1. The minimum absolute atomic E-state index is 1.32. The molecule has 0 fully saturated rings. The lowest BCUT2D eigenvalue weighted by Gasteiger charge is -2.21. The van der Waals surface area contributed by atoms with Gasteiger partial charge in [0.05, 0.1) is 19.0 Å². The van der Waals surface area contributed by atoms with Crippen molar-refractivity contribution >= 4 is 24.0 Å². The van der Waals surface area contributed by atoms with Gasteiger partial charge < -0.3 is 0 Å². The van der Waals surface area contributed by atoms with Gasteiger partial charge >= 0.3 is 0 Å². The lowest BCUT2D eigenvalue weighted by atomic mass is 9.94. The molecule has 1 aromatic heterocycles. The van der Waals surface area contributed by atoms with Gasteiger partial charge in [0.15, 0.2) is 6.20 Å². The van der Waals surface area contributed by atoms with Gasteiger partial charge in [-0.25, -0.2) is 4.57 Å².